The fraction of sp³-hybridized carbons (Fsp3) is 0.863. The average Bonchev–Trinajstić information content (AvgIpc) is 3.27. The first-order chi connectivity index (χ1) is 30.2. The van der Waals surface area contributed by atoms with Gasteiger partial charge in [-0.2, -0.15) is 0 Å². The number of unbranched alkanes of at least 4 members (excludes halogenated alkanes) is 24. The Morgan fingerprint density at radius 1 is 0.548 bits per heavy atom. The number of carbonyl (C=O) groups is 1. The SMILES string of the molecule is CCCCCCCCC/C=C/CC/C=C/CCCC(O)C(O)C(COC1OC(CO)C(O)C(O)C1O)NC(=O)C(O)CCCCCCCC/C=C\CCCCCCCCCCC. The van der Waals surface area contributed by atoms with E-state index in [0.29, 0.717) is 19.3 Å². The molecule has 11 heteroatoms. The van der Waals surface area contributed by atoms with Gasteiger partial charge in [0.2, 0.25) is 5.91 Å². The molecule has 1 fully saturated rings. The molecule has 1 amide bonds. The van der Waals surface area contributed by atoms with Gasteiger partial charge in [0.15, 0.2) is 6.29 Å². The Balaban J connectivity index is 2.44. The summed E-state index contributed by atoms with van der Waals surface area (Å²) >= 11 is 0. The quantitative estimate of drug-likeness (QED) is 0.0217. The van der Waals surface area contributed by atoms with Crippen LogP contribution in [-0.4, -0.2) is 110 Å². The molecule has 0 bridgehead atoms. The van der Waals surface area contributed by atoms with Gasteiger partial charge in [0.1, 0.15) is 36.6 Å². The molecular weight excluding hydrogens is 787 g/mol. The maximum atomic E-state index is 13.1. The number of ether oxygens (including phenoxy) is 2. The summed E-state index contributed by atoms with van der Waals surface area (Å²) in [6.07, 6.45) is 36.2. The number of hydrogen-bond acceptors (Lipinski definition) is 10. The molecule has 364 valence electrons. The van der Waals surface area contributed by atoms with Crippen molar-refractivity contribution in [2.24, 2.45) is 0 Å². The predicted octanol–water partition coefficient (Wildman–Crippen LogP) is 9.17. The number of aliphatic hydroxyl groups excluding tert-OH is 7. The highest BCUT2D eigenvalue weighted by Gasteiger charge is 2.44. The highest BCUT2D eigenvalue weighted by molar-refractivity contribution is 5.80. The second-order valence-electron chi connectivity index (χ2n) is 17.9. The molecule has 1 heterocycles. The number of aliphatic hydroxyl groups is 7. The lowest BCUT2D eigenvalue weighted by Gasteiger charge is -2.40. The van der Waals surface area contributed by atoms with Crippen LogP contribution in [0, 0.1) is 0 Å². The largest absolute Gasteiger partial charge is 0.394 e. The number of hydrogen-bond donors (Lipinski definition) is 8. The van der Waals surface area contributed by atoms with Crippen molar-refractivity contribution in [3.63, 3.8) is 0 Å². The van der Waals surface area contributed by atoms with E-state index in [4.69, 9.17) is 9.47 Å². The third-order valence-corrected chi connectivity index (χ3v) is 12.1. The van der Waals surface area contributed by atoms with E-state index in [1.54, 1.807) is 0 Å². The minimum atomic E-state index is -1.67. The second kappa shape index (κ2) is 40.8. The van der Waals surface area contributed by atoms with Crippen molar-refractivity contribution in [1.29, 1.82) is 0 Å². The Morgan fingerprint density at radius 3 is 1.44 bits per heavy atom. The van der Waals surface area contributed by atoms with Gasteiger partial charge in [-0.3, -0.25) is 4.79 Å². The molecule has 0 aromatic heterocycles. The van der Waals surface area contributed by atoms with Gasteiger partial charge in [-0.05, 0) is 77.0 Å². The van der Waals surface area contributed by atoms with Crippen LogP contribution in [0.4, 0.5) is 0 Å². The molecule has 1 saturated heterocycles. The zero-order valence-corrected chi connectivity index (χ0v) is 39.4. The lowest BCUT2D eigenvalue weighted by molar-refractivity contribution is -0.303. The standard InChI is InChI=1S/C51H95NO10/c1-3-5-7-9-11-13-15-17-19-21-22-23-25-27-29-31-33-35-37-39-44(55)50(60)52-42(41-61-51-49(59)48(58)47(57)45(40-53)62-51)46(56)43(54)38-36-34-32-30-28-26-24-20-18-16-14-12-10-8-6-4-2/h20,22-24,30,32,42-49,51,53-59H,3-19,21,25-29,31,33-41H2,1-2H3,(H,52,60)/b23-22-,24-20+,32-30+. The summed E-state index contributed by atoms with van der Waals surface area (Å²) in [6.45, 7) is 3.42. The van der Waals surface area contributed by atoms with Crippen molar-refractivity contribution in [3.05, 3.63) is 36.5 Å². The van der Waals surface area contributed by atoms with Gasteiger partial charge in [-0.1, -0.05) is 172 Å². The lowest BCUT2D eigenvalue weighted by Crippen LogP contribution is -2.60. The van der Waals surface area contributed by atoms with E-state index in [-0.39, 0.29) is 12.8 Å². The van der Waals surface area contributed by atoms with Gasteiger partial charge in [0.05, 0.1) is 25.4 Å². The highest BCUT2D eigenvalue weighted by atomic mass is 16.7. The summed E-state index contributed by atoms with van der Waals surface area (Å²) in [5, 5.41) is 75.8. The van der Waals surface area contributed by atoms with E-state index >= 15 is 0 Å². The van der Waals surface area contributed by atoms with Crippen LogP contribution in [0.15, 0.2) is 36.5 Å². The molecule has 1 rings (SSSR count). The summed E-state index contributed by atoms with van der Waals surface area (Å²) in [5.74, 6) is -0.716. The van der Waals surface area contributed by atoms with E-state index in [0.717, 1.165) is 57.8 Å². The molecular formula is C51H95NO10. The van der Waals surface area contributed by atoms with Gasteiger partial charge in [-0.15, -0.1) is 0 Å². The van der Waals surface area contributed by atoms with Crippen molar-refractivity contribution in [2.45, 2.75) is 268 Å². The van der Waals surface area contributed by atoms with E-state index in [1.165, 1.54) is 109 Å². The molecule has 8 N–H and O–H groups in total. The van der Waals surface area contributed by atoms with Crippen molar-refractivity contribution in [2.75, 3.05) is 13.2 Å². The Labute approximate surface area is 377 Å². The van der Waals surface area contributed by atoms with Gasteiger partial charge >= 0.3 is 0 Å². The molecule has 1 aliphatic heterocycles. The van der Waals surface area contributed by atoms with Gasteiger partial charge in [0, 0.05) is 0 Å². The van der Waals surface area contributed by atoms with E-state index < -0.39 is 74.2 Å². The fourth-order valence-corrected chi connectivity index (χ4v) is 7.92. The minimum absolute atomic E-state index is 0.244. The molecule has 1 aliphatic rings. The topological polar surface area (TPSA) is 189 Å². The molecule has 9 atom stereocenters. The lowest BCUT2D eigenvalue weighted by atomic mass is 9.98. The third kappa shape index (κ3) is 29.7. The Hall–Kier alpha value is -1.67. The molecule has 0 aromatic rings. The number of carbonyl (C=O) groups excluding carboxylic acids is 1. The van der Waals surface area contributed by atoms with Crippen LogP contribution in [-0.2, 0) is 14.3 Å². The monoisotopic (exact) mass is 882 g/mol. The molecule has 0 aliphatic carbocycles. The molecule has 0 radical (unpaired) electrons. The molecule has 0 saturated carbocycles. The summed E-state index contributed by atoms with van der Waals surface area (Å²) in [5.41, 5.74) is 0. The van der Waals surface area contributed by atoms with E-state index in [2.05, 4.69) is 55.6 Å². The molecule has 62 heavy (non-hydrogen) atoms. The van der Waals surface area contributed by atoms with Crippen LogP contribution in [0.3, 0.4) is 0 Å². The third-order valence-electron chi connectivity index (χ3n) is 12.1. The van der Waals surface area contributed by atoms with Crippen LogP contribution in [0.2, 0.25) is 0 Å². The van der Waals surface area contributed by atoms with Crippen LogP contribution in [0.1, 0.15) is 213 Å². The van der Waals surface area contributed by atoms with Gasteiger partial charge < -0.3 is 50.5 Å². The molecule has 0 aromatic carbocycles. The number of allylic oxidation sites excluding steroid dienone is 6. The van der Waals surface area contributed by atoms with Crippen LogP contribution in [0.5, 0.6) is 0 Å². The number of amides is 1. The van der Waals surface area contributed by atoms with Gasteiger partial charge in [-0.25, -0.2) is 0 Å². The second-order valence-corrected chi connectivity index (χ2v) is 17.9. The highest BCUT2D eigenvalue weighted by Crippen LogP contribution is 2.23. The van der Waals surface area contributed by atoms with Gasteiger partial charge in [0.25, 0.3) is 0 Å². The summed E-state index contributed by atoms with van der Waals surface area (Å²) < 4.78 is 11.1. The van der Waals surface area contributed by atoms with Crippen molar-refractivity contribution in [3.8, 4) is 0 Å². The first kappa shape index (κ1) is 58.3. The molecule has 11 nitrogen and oxygen atoms in total. The number of rotatable bonds is 42. The average molecular weight is 882 g/mol. The first-order valence-corrected chi connectivity index (χ1v) is 25.4. The molecule has 0 spiro atoms. The summed E-state index contributed by atoms with van der Waals surface area (Å²) in [4.78, 5) is 13.1. The zero-order chi connectivity index (χ0) is 45.5. The van der Waals surface area contributed by atoms with Crippen LogP contribution in [0.25, 0.3) is 0 Å². The summed E-state index contributed by atoms with van der Waals surface area (Å²) in [7, 11) is 0. The maximum Gasteiger partial charge on any atom is 0.249 e. The Kier molecular flexibility index (Phi) is 38.4. The smallest absolute Gasteiger partial charge is 0.249 e. The summed E-state index contributed by atoms with van der Waals surface area (Å²) in [6, 6.07) is -1.19. The Morgan fingerprint density at radius 2 is 0.968 bits per heavy atom. The number of nitrogens with one attached hydrogen (secondary N) is 1. The minimum Gasteiger partial charge on any atom is -0.394 e. The zero-order valence-electron chi connectivity index (χ0n) is 39.4. The van der Waals surface area contributed by atoms with Crippen molar-refractivity contribution in [1.82, 2.24) is 5.32 Å². The van der Waals surface area contributed by atoms with Crippen molar-refractivity contribution >= 4 is 5.91 Å². The fourth-order valence-electron chi connectivity index (χ4n) is 7.92. The van der Waals surface area contributed by atoms with Crippen LogP contribution >= 0.6 is 0 Å². The normalized spacial score (nSPS) is 21.6. The molecule has 9 unspecified atom stereocenters. The Bertz CT molecular complexity index is 1100. The van der Waals surface area contributed by atoms with E-state index in [9.17, 15) is 40.5 Å². The predicted molar refractivity (Wildman–Crippen MR) is 252 cm³/mol. The maximum absolute atomic E-state index is 13.1. The first-order valence-electron chi connectivity index (χ1n) is 25.4. The van der Waals surface area contributed by atoms with E-state index in [1.807, 2.05) is 0 Å². The van der Waals surface area contributed by atoms with Crippen LogP contribution < -0.4 is 5.32 Å². The van der Waals surface area contributed by atoms with Crippen molar-refractivity contribution < 1.29 is 50.0 Å².